The molecule has 9 nitrogen and oxygen atoms in total. The van der Waals surface area contributed by atoms with Crippen LogP contribution in [0.25, 0.3) is 5.69 Å². The molecule has 2 aromatic carbocycles. The molecule has 10 heteroatoms. The number of carbonyl (C=O) groups is 1. The van der Waals surface area contributed by atoms with Gasteiger partial charge >= 0.3 is 0 Å². The van der Waals surface area contributed by atoms with E-state index in [1.54, 1.807) is 12.1 Å². The van der Waals surface area contributed by atoms with E-state index in [0.717, 1.165) is 0 Å². The number of ether oxygens (including phenoxy) is 1. The Bertz CT molecular complexity index is 1300. The number of hydrogen-bond acceptors (Lipinski definition) is 6. The summed E-state index contributed by atoms with van der Waals surface area (Å²) < 4.78 is 34.4. The third-order valence-corrected chi connectivity index (χ3v) is 7.03. The Hall–Kier alpha value is -3.34. The fourth-order valence-corrected chi connectivity index (χ4v) is 5.26. The third kappa shape index (κ3) is 5.03. The molecule has 4 rings (SSSR count). The van der Waals surface area contributed by atoms with E-state index < -0.39 is 21.4 Å². The quantitative estimate of drug-likeness (QED) is 0.615. The maximum Gasteiger partial charge on any atom is 0.280 e. The maximum atomic E-state index is 13.0. The van der Waals surface area contributed by atoms with Gasteiger partial charge in [-0.05, 0) is 50.2 Å². The molecule has 0 unspecified atom stereocenters. The van der Waals surface area contributed by atoms with Gasteiger partial charge in [-0.1, -0.05) is 18.2 Å². The van der Waals surface area contributed by atoms with Crippen LogP contribution in [0.5, 0.6) is 0 Å². The van der Waals surface area contributed by atoms with E-state index in [9.17, 15) is 18.0 Å². The van der Waals surface area contributed by atoms with Crippen molar-refractivity contribution in [1.82, 2.24) is 14.1 Å². The van der Waals surface area contributed by atoms with E-state index in [1.807, 2.05) is 32.0 Å². The molecular weight excluding hydrogens is 444 g/mol. The number of rotatable bonds is 5. The van der Waals surface area contributed by atoms with Crippen LogP contribution in [0, 0.1) is 0 Å². The highest BCUT2D eigenvalue weighted by Gasteiger charge is 2.32. The van der Waals surface area contributed by atoms with Gasteiger partial charge in [0.1, 0.15) is 0 Å². The van der Waals surface area contributed by atoms with Crippen LogP contribution in [0.1, 0.15) is 24.3 Å². The van der Waals surface area contributed by atoms with Gasteiger partial charge in [0.25, 0.3) is 5.91 Å². The van der Waals surface area contributed by atoms with Crippen LogP contribution >= 0.6 is 0 Å². The van der Waals surface area contributed by atoms with Crippen LogP contribution < -0.4 is 10.7 Å². The highest BCUT2D eigenvalue weighted by molar-refractivity contribution is 7.89. The Morgan fingerprint density at radius 2 is 1.64 bits per heavy atom. The lowest BCUT2D eigenvalue weighted by atomic mass is 10.3. The molecule has 1 saturated heterocycles. The van der Waals surface area contributed by atoms with Crippen LogP contribution in [-0.4, -0.2) is 53.7 Å². The number of benzene rings is 2. The summed E-state index contributed by atoms with van der Waals surface area (Å²) in [5.41, 5.74) is 0.260. The second-order valence-electron chi connectivity index (χ2n) is 7.87. The number of hydrogen-bond donors (Lipinski definition) is 1. The van der Waals surface area contributed by atoms with Crippen LogP contribution in [0.15, 0.2) is 76.6 Å². The topological polar surface area (TPSA) is 111 Å². The second kappa shape index (κ2) is 9.26. The summed E-state index contributed by atoms with van der Waals surface area (Å²) in [6.45, 7) is 4.22. The van der Waals surface area contributed by atoms with E-state index in [1.165, 1.54) is 45.5 Å². The zero-order valence-corrected chi connectivity index (χ0v) is 19.0. The lowest BCUT2D eigenvalue weighted by Gasteiger charge is -2.34. The summed E-state index contributed by atoms with van der Waals surface area (Å²) in [6.07, 6.45) is 1.10. The van der Waals surface area contributed by atoms with E-state index in [-0.39, 0.29) is 35.9 Å². The first-order valence-corrected chi connectivity index (χ1v) is 11.9. The predicted molar refractivity (Wildman–Crippen MR) is 123 cm³/mol. The predicted octanol–water partition coefficient (Wildman–Crippen LogP) is 2.28. The Labute approximate surface area is 191 Å². The fraction of sp³-hybridized carbons (Fsp3) is 0.261. The number of nitrogens with one attached hydrogen (secondary N) is 1. The zero-order valence-electron chi connectivity index (χ0n) is 18.2. The van der Waals surface area contributed by atoms with E-state index in [2.05, 4.69) is 10.4 Å². The van der Waals surface area contributed by atoms with Gasteiger partial charge in [-0.2, -0.15) is 9.40 Å². The first-order valence-electron chi connectivity index (χ1n) is 10.5. The molecule has 0 saturated carbocycles. The number of anilines is 1. The molecule has 172 valence electrons. The summed E-state index contributed by atoms with van der Waals surface area (Å²) in [5.74, 6) is -0.684. The van der Waals surface area contributed by atoms with Gasteiger partial charge in [0.15, 0.2) is 5.69 Å². The molecule has 0 aliphatic carbocycles. The minimum Gasteiger partial charge on any atom is -0.373 e. The van der Waals surface area contributed by atoms with Crippen LogP contribution in [0.4, 0.5) is 5.69 Å². The van der Waals surface area contributed by atoms with Crippen LogP contribution in [0.3, 0.4) is 0 Å². The molecule has 1 amide bonds. The molecule has 2 atom stereocenters. The van der Waals surface area contributed by atoms with Crippen molar-refractivity contribution in [1.29, 1.82) is 0 Å². The monoisotopic (exact) mass is 468 g/mol. The Morgan fingerprint density at radius 3 is 2.27 bits per heavy atom. The van der Waals surface area contributed by atoms with Gasteiger partial charge in [-0.3, -0.25) is 9.59 Å². The summed E-state index contributed by atoms with van der Waals surface area (Å²) >= 11 is 0. The highest BCUT2D eigenvalue weighted by atomic mass is 32.2. The molecule has 0 bridgehead atoms. The van der Waals surface area contributed by atoms with Crippen molar-refractivity contribution in [2.75, 3.05) is 18.4 Å². The Balaban J connectivity index is 1.52. The number of aromatic nitrogens is 2. The van der Waals surface area contributed by atoms with Crippen molar-refractivity contribution < 1.29 is 17.9 Å². The molecule has 1 aliphatic heterocycles. The van der Waals surface area contributed by atoms with Gasteiger partial charge in [0, 0.05) is 31.0 Å². The molecule has 1 aromatic heterocycles. The maximum absolute atomic E-state index is 13.0. The SMILES string of the molecule is C[C@H]1CN(S(=O)(=O)c2ccc(NC(=O)c3nn(-c4ccccc4)ccc3=O)cc2)C[C@H](C)O1. The average molecular weight is 469 g/mol. The lowest BCUT2D eigenvalue weighted by molar-refractivity contribution is -0.0440. The summed E-state index contributed by atoms with van der Waals surface area (Å²) in [5, 5.41) is 6.76. The molecular formula is C23H24N4O5S. The number of morpholine rings is 1. The van der Waals surface area contributed by atoms with Crippen molar-refractivity contribution in [2.45, 2.75) is 31.0 Å². The van der Waals surface area contributed by atoms with Crippen molar-refractivity contribution in [3.05, 3.63) is 82.8 Å². The van der Waals surface area contributed by atoms with Crippen molar-refractivity contribution in [2.24, 2.45) is 0 Å². The smallest absolute Gasteiger partial charge is 0.280 e. The second-order valence-corrected chi connectivity index (χ2v) is 9.80. The van der Waals surface area contributed by atoms with Gasteiger partial charge in [0.2, 0.25) is 15.5 Å². The molecule has 1 N–H and O–H groups in total. The number of sulfonamides is 1. The summed E-state index contributed by atoms with van der Waals surface area (Å²) in [4.78, 5) is 25.0. The van der Waals surface area contributed by atoms with Gasteiger partial charge < -0.3 is 10.1 Å². The molecule has 0 spiro atoms. The van der Waals surface area contributed by atoms with Gasteiger partial charge in [-0.15, -0.1) is 0 Å². The van der Waals surface area contributed by atoms with Gasteiger partial charge in [0.05, 0.1) is 22.8 Å². The third-order valence-electron chi connectivity index (χ3n) is 5.18. The van der Waals surface area contributed by atoms with Crippen LogP contribution in [-0.2, 0) is 14.8 Å². The standard InChI is InChI=1S/C23H24N4O5S/c1-16-14-26(15-17(2)32-16)33(30,31)20-10-8-18(9-11-20)24-23(29)22-21(28)12-13-27(25-22)19-6-4-3-5-7-19/h3-13,16-17H,14-15H2,1-2H3,(H,24,29)/t16-,17-/m0/s1. The van der Waals surface area contributed by atoms with E-state index >= 15 is 0 Å². The largest absolute Gasteiger partial charge is 0.373 e. The fourth-order valence-electron chi connectivity index (χ4n) is 3.67. The number of carbonyl (C=O) groups excluding carboxylic acids is 1. The van der Waals surface area contributed by atoms with Crippen molar-refractivity contribution in [3.63, 3.8) is 0 Å². The normalized spacial score (nSPS) is 19.2. The minimum atomic E-state index is -3.69. The summed E-state index contributed by atoms with van der Waals surface area (Å²) in [7, 11) is -3.69. The number of para-hydroxylation sites is 1. The highest BCUT2D eigenvalue weighted by Crippen LogP contribution is 2.22. The summed E-state index contributed by atoms with van der Waals surface area (Å²) in [6, 6.07) is 16.2. The van der Waals surface area contributed by atoms with Crippen molar-refractivity contribution >= 4 is 21.6 Å². The molecule has 2 heterocycles. The molecule has 33 heavy (non-hydrogen) atoms. The molecule has 0 radical (unpaired) electrons. The molecule has 1 aliphatic rings. The number of nitrogens with zero attached hydrogens (tertiary/aromatic N) is 3. The average Bonchev–Trinajstić information content (AvgIpc) is 2.79. The first-order chi connectivity index (χ1) is 15.7. The number of amides is 1. The van der Waals surface area contributed by atoms with Gasteiger partial charge in [-0.25, -0.2) is 13.1 Å². The first kappa shape index (κ1) is 22.8. The lowest BCUT2D eigenvalue weighted by Crippen LogP contribution is -2.48. The molecule has 3 aromatic rings. The van der Waals surface area contributed by atoms with E-state index in [0.29, 0.717) is 11.4 Å². The Kier molecular flexibility index (Phi) is 6.41. The molecule has 1 fully saturated rings. The zero-order chi connectivity index (χ0) is 23.6. The minimum absolute atomic E-state index is 0.117. The Morgan fingerprint density at radius 1 is 1.00 bits per heavy atom. The van der Waals surface area contributed by atoms with E-state index in [4.69, 9.17) is 4.74 Å². The van der Waals surface area contributed by atoms with Crippen molar-refractivity contribution in [3.8, 4) is 5.69 Å². The van der Waals surface area contributed by atoms with Crippen LogP contribution in [0.2, 0.25) is 0 Å².